The van der Waals surface area contributed by atoms with E-state index in [1.807, 2.05) is 0 Å². The second kappa shape index (κ2) is 11.0. The number of carbonyl (C=O) groups excluding carboxylic acids is 1. The van der Waals surface area contributed by atoms with Gasteiger partial charge in [-0.15, -0.1) is 18.3 Å². The number of benzene rings is 2. The SMILES string of the molecule is C=CCN(CC=C)S(=O)(=O)c1ccc(C(=O)Nc2nnc(-c3ccc(S(=O)(=O)C(C)C)cc3)o2)cc1. The lowest BCUT2D eigenvalue weighted by molar-refractivity contribution is 0.102. The van der Waals surface area contributed by atoms with E-state index in [1.165, 1.54) is 65.0 Å². The number of aromatic nitrogens is 2. The number of rotatable bonds is 11. The first-order chi connectivity index (χ1) is 17.0. The molecule has 0 aliphatic heterocycles. The standard InChI is InChI=1S/C24H26N4O6S2/c1-5-15-28(16-6-2)36(32,33)21-13-7-18(8-14-21)22(29)25-24-27-26-23(34-24)19-9-11-20(12-10-19)35(30,31)17(3)4/h5-14,17H,1-2,15-16H2,3-4H3,(H,25,27,29). The number of hydrogen-bond donors (Lipinski definition) is 1. The molecule has 1 amide bonds. The molecule has 0 saturated heterocycles. The highest BCUT2D eigenvalue weighted by atomic mass is 32.2. The fourth-order valence-corrected chi connectivity index (χ4v) is 5.55. The molecule has 2 aromatic carbocycles. The van der Waals surface area contributed by atoms with Crippen molar-refractivity contribution in [2.75, 3.05) is 18.4 Å². The van der Waals surface area contributed by atoms with Crippen molar-refractivity contribution in [2.24, 2.45) is 0 Å². The zero-order valence-corrected chi connectivity index (χ0v) is 21.4. The fraction of sp³-hybridized carbons (Fsp3) is 0.208. The number of amides is 1. The first kappa shape index (κ1) is 27.0. The van der Waals surface area contributed by atoms with Gasteiger partial charge in [0.25, 0.3) is 5.91 Å². The van der Waals surface area contributed by atoms with Gasteiger partial charge in [-0.1, -0.05) is 17.3 Å². The van der Waals surface area contributed by atoms with Crippen molar-refractivity contribution < 1.29 is 26.0 Å². The minimum Gasteiger partial charge on any atom is -0.403 e. The lowest BCUT2D eigenvalue weighted by Crippen LogP contribution is -2.31. The van der Waals surface area contributed by atoms with E-state index in [4.69, 9.17) is 4.42 Å². The number of nitrogens with zero attached hydrogens (tertiary/aromatic N) is 3. The molecule has 36 heavy (non-hydrogen) atoms. The van der Waals surface area contributed by atoms with Crippen LogP contribution in [0, 0.1) is 0 Å². The molecule has 0 radical (unpaired) electrons. The van der Waals surface area contributed by atoms with Gasteiger partial charge in [-0.25, -0.2) is 16.8 Å². The Balaban J connectivity index is 1.72. The first-order valence-electron chi connectivity index (χ1n) is 10.8. The van der Waals surface area contributed by atoms with Crippen LogP contribution in [-0.2, 0) is 19.9 Å². The molecular formula is C24H26N4O6S2. The van der Waals surface area contributed by atoms with E-state index in [-0.39, 0.29) is 40.3 Å². The van der Waals surface area contributed by atoms with E-state index in [1.54, 1.807) is 13.8 Å². The third-order valence-electron chi connectivity index (χ3n) is 5.12. The van der Waals surface area contributed by atoms with Crippen LogP contribution in [-0.4, -0.2) is 55.6 Å². The van der Waals surface area contributed by atoms with Gasteiger partial charge in [0.15, 0.2) is 9.84 Å². The number of sulfonamides is 1. The summed E-state index contributed by atoms with van der Waals surface area (Å²) in [4.78, 5) is 12.8. The molecule has 1 N–H and O–H groups in total. The smallest absolute Gasteiger partial charge is 0.322 e. The van der Waals surface area contributed by atoms with Crippen LogP contribution >= 0.6 is 0 Å². The zero-order chi connectivity index (χ0) is 26.5. The summed E-state index contributed by atoms with van der Waals surface area (Å²) in [5.74, 6) is -0.494. The molecular weight excluding hydrogens is 504 g/mol. The highest BCUT2D eigenvalue weighted by Crippen LogP contribution is 2.24. The molecule has 1 heterocycles. The molecule has 0 fully saturated rings. The van der Waals surface area contributed by atoms with Crippen molar-refractivity contribution in [1.29, 1.82) is 0 Å². The largest absolute Gasteiger partial charge is 0.403 e. The minimum atomic E-state index is -3.79. The van der Waals surface area contributed by atoms with Crippen molar-refractivity contribution in [3.05, 3.63) is 79.4 Å². The molecule has 0 bridgehead atoms. The highest BCUT2D eigenvalue weighted by Gasteiger charge is 2.23. The fourth-order valence-electron chi connectivity index (χ4n) is 3.11. The molecule has 10 nitrogen and oxygen atoms in total. The van der Waals surface area contributed by atoms with Crippen LogP contribution in [0.3, 0.4) is 0 Å². The topological polar surface area (TPSA) is 140 Å². The van der Waals surface area contributed by atoms with Crippen molar-refractivity contribution in [2.45, 2.75) is 28.9 Å². The Hall–Kier alpha value is -3.61. The highest BCUT2D eigenvalue weighted by molar-refractivity contribution is 7.92. The Labute approximate surface area is 210 Å². The number of hydrogen-bond acceptors (Lipinski definition) is 8. The summed E-state index contributed by atoms with van der Waals surface area (Å²) in [6, 6.07) is 11.2. The predicted molar refractivity (Wildman–Crippen MR) is 136 cm³/mol. The molecule has 0 saturated carbocycles. The number of sulfone groups is 1. The summed E-state index contributed by atoms with van der Waals surface area (Å²) < 4.78 is 56.8. The van der Waals surface area contributed by atoms with Gasteiger partial charge in [-0.3, -0.25) is 10.1 Å². The molecule has 0 atom stereocenters. The molecule has 0 unspecified atom stereocenters. The molecule has 1 aromatic heterocycles. The van der Waals surface area contributed by atoms with Crippen LogP contribution in [0.25, 0.3) is 11.5 Å². The average molecular weight is 531 g/mol. The van der Waals surface area contributed by atoms with E-state index >= 15 is 0 Å². The Morgan fingerprint density at radius 1 is 0.944 bits per heavy atom. The van der Waals surface area contributed by atoms with Crippen molar-refractivity contribution in [1.82, 2.24) is 14.5 Å². The number of nitrogens with one attached hydrogen (secondary N) is 1. The van der Waals surface area contributed by atoms with Crippen molar-refractivity contribution >= 4 is 31.8 Å². The molecule has 190 valence electrons. The lowest BCUT2D eigenvalue weighted by Gasteiger charge is -2.19. The Morgan fingerprint density at radius 3 is 2.03 bits per heavy atom. The molecule has 0 aliphatic carbocycles. The van der Waals surface area contributed by atoms with E-state index < -0.39 is 31.0 Å². The van der Waals surface area contributed by atoms with E-state index in [0.717, 1.165) is 0 Å². The van der Waals surface area contributed by atoms with Crippen LogP contribution in [0.5, 0.6) is 0 Å². The lowest BCUT2D eigenvalue weighted by atomic mass is 10.2. The molecule has 0 aliphatic rings. The Bertz CT molecular complexity index is 1450. The van der Waals surface area contributed by atoms with Crippen LogP contribution in [0.2, 0.25) is 0 Å². The van der Waals surface area contributed by atoms with Gasteiger partial charge in [0.2, 0.25) is 15.9 Å². The first-order valence-corrected chi connectivity index (χ1v) is 13.8. The Kier molecular flexibility index (Phi) is 8.23. The third-order valence-corrected chi connectivity index (χ3v) is 9.13. The molecule has 3 rings (SSSR count). The maximum atomic E-state index is 12.8. The maximum Gasteiger partial charge on any atom is 0.322 e. The van der Waals surface area contributed by atoms with Crippen molar-refractivity contribution in [3.8, 4) is 11.5 Å². The second-order valence-electron chi connectivity index (χ2n) is 7.91. The summed E-state index contributed by atoms with van der Waals surface area (Å²) in [5, 5.41) is 9.57. The van der Waals surface area contributed by atoms with Gasteiger partial charge in [0.1, 0.15) is 0 Å². The third kappa shape index (κ3) is 5.78. The maximum absolute atomic E-state index is 12.8. The summed E-state index contributed by atoms with van der Waals surface area (Å²) in [6.07, 6.45) is 2.95. The van der Waals surface area contributed by atoms with Crippen LogP contribution in [0.4, 0.5) is 6.01 Å². The van der Waals surface area contributed by atoms with Gasteiger partial charge in [0, 0.05) is 24.2 Å². The average Bonchev–Trinajstić information content (AvgIpc) is 3.32. The summed E-state index contributed by atoms with van der Waals surface area (Å²) in [6.45, 7) is 10.6. The molecule has 3 aromatic rings. The van der Waals surface area contributed by atoms with Crippen LogP contribution < -0.4 is 5.32 Å². The quantitative estimate of drug-likeness (QED) is 0.371. The van der Waals surface area contributed by atoms with E-state index in [2.05, 4.69) is 28.7 Å². The van der Waals surface area contributed by atoms with E-state index in [0.29, 0.717) is 5.56 Å². The zero-order valence-electron chi connectivity index (χ0n) is 19.8. The summed E-state index contributed by atoms with van der Waals surface area (Å²) in [7, 11) is -7.20. The van der Waals surface area contributed by atoms with E-state index in [9.17, 15) is 21.6 Å². The molecule has 12 heteroatoms. The van der Waals surface area contributed by atoms with Crippen molar-refractivity contribution in [3.63, 3.8) is 0 Å². The van der Waals surface area contributed by atoms with Gasteiger partial charge in [-0.2, -0.15) is 4.31 Å². The second-order valence-corrected chi connectivity index (χ2v) is 12.4. The van der Waals surface area contributed by atoms with Gasteiger partial charge < -0.3 is 4.42 Å². The summed E-state index contributed by atoms with van der Waals surface area (Å²) >= 11 is 0. The Morgan fingerprint density at radius 2 is 1.50 bits per heavy atom. The van der Waals surface area contributed by atoms with Crippen LogP contribution in [0.1, 0.15) is 24.2 Å². The predicted octanol–water partition coefficient (Wildman–Crippen LogP) is 3.53. The summed E-state index contributed by atoms with van der Waals surface area (Å²) in [5.41, 5.74) is 0.653. The monoisotopic (exact) mass is 530 g/mol. The molecule has 0 spiro atoms. The number of carbonyl (C=O) groups is 1. The van der Waals surface area contributed by atoms with Gasteiger partial charge >= 0.3 is 6.01 Å². The normalized spacial score (nSPS) is 12.0. The van der Waals surface area contributed by atoms with Gasteiger partial charge in [0.05, 0.1) is 15.0 Å². The number of anilines is 1. The van der Waals surface area contributed by atoms with Gasteiger partial charge in [-0.05, 0) is 62.4 Å². The van der Waals surface area contributed by atoms with Crippen LogP contribution in [0.15, 0.2) is 88.0 Å². The minimum absolute atomic E-state index is 0.0192.